The Balaban J connectivity index is 1.31. The second-order valence-electron chi connectivity index (χ2n) is 8.94. The predicted octanol–water partition coefficient (Wildman–Crippen LogP) is 2.13. The van der Waals surface area contributed by atoms with Crippen molar-refractivity contribution in [2.75, 3.05) is 33.3 Å². The second kappa shape index (κ2) is 8.81. The number of methoxy groups -OCH3 is 1. The topological polar surface area (TPSA) is 124 Å². The SMILES string of the molecule is COc1cc(-c2cnn(C3CCN(C(=O)C4(C#N)CCNCC4)CC3)c2)cn2ncc(C#N)c12. The zero-order chi connectivity index (χ0) is 23.7. The van der Waals surface area contributed by atoms with Crippen molar-refractivity contribution in [3.05, 3.63) is 36.4 Å². The summed E-state index contributed by atoms with van der Waals surface area (Å²) in [7, 11) is 1.58. The Kier molecular flexibility index (Phi) is 5.68. The Labute approximate surface area is 197 Å². The molecule has 1 amide bonds. The van der Waals surface area contributed by atoms with E-state index in [1.54, 1.807) is 11.6 Å². The van der Waals surface area contributed by atoms with Crippen molar-refractivity contribution in [1.29, 1.82) is 10.5 Å². The van der Waals surface area contributed by atoms with E-state index in [2.05, 4.69) is 27.7 Å². The molecule has 5 rings (SSSR count). The van der Waals surface area contributed by atoms with Crippen molar-refractivity contribution in [2.24, 2.45) is 5.41 Å². The highest BCUT2D eigenvalue weighted by molar-refractivity contribution is 5.85. The van der Waals surface area contributed by atoms with E-state index in [9.17, 15) is 15.3 Å². The number of piperidine rings is 2. The monoisotopic (exact) mass is 458 g/mol. The smallest absolute Gasteiger partial charge is 0.243 e. The molecule has 0 radical (unpaired) electrons. The Morgan fingerprint density at radius 3 is 2.59 bits per heavy atom. The van der Waals surface area contributed by atoms with E-state index >= 15 is 0 Å². The fraction of sp³-hybridized carbons (Fsp3) is 0.458. The molecule has 0 aromatic carbocycles. The summed E-state index contributed by atoms with van der Waals surface area (Å²) in [5.74, 6) is 0.558. The quantitative estimate of drug-likeness (QED) is 0.635. The fourth-order valence-corrected chi connectivity index (χ4v) is 5.03. The van der Waals surface area contributed by atoms with E-state index in [4.69, 9.17) is 4.74 Å². The molecule has 0 unspecified atom stereocenters. The molecule has 10 nitrogen and oxygen atoms in total. The van der Waals surface area contributed by atoms with Gasteiger partial charge in [-0.1, -0.05) is 0 Å². The van der Waals surface area contributed by atoms with Crippen LogP contribution in [-0.4, -0.2) is 63.5 Å². The van der Waals surface area contributed by atoms with Gasteiger partial charge in [0.25, 0.3) is 0 Å². The average Bonchev–Trinajstić information content (AvgIpc) is 3.56. The van der Waals surface area contributed by atoms with Crippen molar-refractivity contribution in [1.82, 2.24) is 29.6 Å². The van der Waals surface area contributed by atoms with Gasteiger partial charge in [-0.3, -0.25) is 9.48 Å². The van der Waals surface area contributed by atoms with Gasteiger partial charge in [-0.2, -0.15) is 20.7 Å². The molecule has 0 atom stereocenters. The molecule has 0 spiro atoms. The lowest BCUT2D eigenvalue weighted by Gasteiger charge is -2.38. The van der Waals surface area contributed by atoms with Crippen LogP contribution in [0, 0.1) is 28.1 Å². The highest BCUT2D eigenvalue weighted by atomic mass is 16.5. The molecular formula is C24H26N8O2. The number of nitrogens with one attached hydrogen (secondary N) is 1. The molecule has 10 heteroatoms. The van der Waals surface area contributed by atoms with Gasteiger partial charge >= 0.3 is 0 Å². The van der Waals surface area contributed by atoms with Gasteiger partial charge in [0.15, 0.2) is 0 Å². The second-order valence-corrected chi connectivity index (χ2v) is 8.94. The summed E-state index contributed by atoms with van der Waals surface area (Å²) in [4.78, 5) is 15.0. The molecule has 34 heavy (non-hydrogen) atoms. The number of ether oxygens (including phenoxy) is 1. The first kappa shape index (κ1) is 21.9. The predicted molar refractivity (Wildman–Crippen MR) is 123 cm³/mol. The van der Waals surface area contributed by atoms with Crippen molar-refractivity contribution in [3.63, 3.8) is 0 Å². The molecule has 2 aliphatic rings. The van der Waals surface area contributed by atoms with Gasteiger partial charge in [0, 0.05) is 36.6 Å². The summed E-state index contributed by atoms with van der Waals surface area (Å²) in [6.07, 6.45) is 9.93. The number of carbonyl (C=O) groups excluding carboxylic acids is 1. The molecule has 3 aromatic heterocycles. The molecule has 1 N–H and O–H groups in total. The number of rotatable bonds is 4. The van der Waals surface area contributed by atoms with Gasteiger partial charge < -0.3 is 15.0 Å². The summed E-state index contributed by atoms with van der Waals surface area (Å²) in [6.45, 7) is 2.66. The molecule has 3 aromatic rings. The lowest BCUT2D eigenvalue weighted by molar-refractivity contribution is -0.141. The normalized spacial score (nSPS) is 18.4. The maximum absolute atomic E-state index is 13.1. The number of nitriles is 2. The lowest BCUT2D eigenvalue weighted by atomic mass is 9.78. The minimum atomic E-state index is -0.882. The van der Waals surface area contributed by atoms with Crippen LogP contribution in [0.25, 0.3) is 16.6 Å². The molecule has 2 saturated heterocycles. The van der Waals surface area contributed by atoms with Crippen molar-refractivity contribution < 1.29 is 9.53 Å². The Bertz CT molecular complexity index is 1300. The van der Waals surface area contributed by atoms with Crippen molar-refractivity contribution in [3.8, 4) is 29.0 Å². The number of likely N-dealkylation sites (tertiary alicyclic amines) is 1. The summed E-state index contributed by atoms with van der Waals surface area (Å²) in [6, 6.07) is 6.54. The maximum atomic E-state index is 13.1. The molecule has 2 aliphatic heterocycles. The van der Waals surface area contributed by atoms with Crippen LogP contribution in [0.15, 0.2) is 30.9 Å². The van der Waals surface area contributed by atoms with Crippen molar-refractivity contribution >= 4 is 11.4 Å². The van der Waals surface area contributed by atoms with E-state index < -0.39 is 5.41 Å². The number of pyridine rings is 1. The summed E-state index contributed by atoms with van der Waals surface area (Å²) in [5.41, 5.74) is 2.03. The van der Waals surface area contributed by atoms with Crippen LogP contribution in [-0.2, 0) is 4.79 Å². The number of amides is 1. The first-order valence-corrected chi connectivity index (χ1v) is 11.5. The van der Waals surface area contributed by atoms with Gasteiger partial charge in [-0.25, -0.2) is 4.52 Å². The molecule has 5 heterocycles. The number of aromatic nitrogens is 4. The van der Waals surface area contributed by atoms with Gasteiger partial charge in [0.05, 0.1) is 31.6 Å². The van der Waals surface area contributed by atoms with E-state index in [0.717, 1.165) is 24.0 Å². The Hall–Kier alpha value is -3.89. The van der Waals surface area contributed by atoms with Gasteiger partial charge in [0.2, 0.25) is 5.91 Å². The molecular weight excluding hydrogens is 432 g/mol. The molecule has 0 aliphatic carbocycles. The first-order chi connectivity index (χ1) is 16.6. The van der Waals surface area contributed by atoms with E-state index in [1.807, 2.05) is 34.2 Å². The standard InChI is InChI=1S/C24H26N8O2/c1-34-21-10-17(14-32-22(21)18(11-25)12-29-32)19-13-28-31(15-19)20-2-8-30(9-3-20)23(33)24(16-26)4-6-27-7-5-24/h10,12-15,20,27H,2-9H2,1H3. The number of carbonyl (C=O) groups is 1. The van der Waals surface area contributed by atoms with Gasteiger partial charge in [-0.15, -0.1) is 0 Å². The Morgan fingerprint density at radius 2 is 1.91 bits per heavy atom. The molecule has 0 bridgehead atoms. The molecule has 174 valence electrons. The van der Waals surface area contributed by atoms with Crippen molar-refractivity contribution in [2.45, 2.75) is 31.7 Å². The van der Waals surface area contributed by atoms with Crippen LogP contribution in [0.4, 0.5) is 0 Å². The third-order valence-corrected chi connectivity index (χ3v) is 7.06. The van der Waals surface area contributed by atoms with Gasteiger partial charge in [-0.05, 0) is 44.8 Å². The molecule has 2 fully saturated rings. The van der Waals surface area contributed by atoms with Crippen LogP contribution < -0.4 is 10.1 Å². The fourth-order valence-electron chi connectivity index (χ4n) is 5.03. The number of hydrogen-bond acceptors (Lipinski definition) is 7. The van der Waals surface area contributed by atoms with Crippen LogP contribution in [0.5, 0.6) is 5.75 Å². The van der Waals surface area contributed by atoms with Crippen LogP contribution in [0.1, 0.15) is 37.3 Å². The minimum Gasteiger partial charge on any atom is -0.494 e. The summed E-state index contributed by atoms with van der Waals surface area (Å²) >= 11 is 0. The average molecular weight is 459 g/mol. The lowest BCUT2D eigenvalue weighted by Crippen LogP contribution is -2.50. The summed E-state index contributed by atoms with van der Waals surface area (Å²) in [5, 5.41) is 31.2. The van der Waals surface area contributed by atoms with Gasteiger partial charge in [0.1, 0.15) is 28.3 Å². The van der Waals surface area contributed by atoms with Crippen LogP contribution in [0.2, 0.25) is 0 Å². The maximum Gasteiger partial charge on any atom is 0.243 e. The van der Waals surface area contributed by atoms with Crippen LogP contribution in [0.3, 0.4) is 0 Å². The Morgan fingerprint density at radius 1 is 1.15 bits per heavy atom. The van der Waals surface area contributed by atoms with E-state index in [1.165, 1.54) is 6.20 Å². The number of hydrogen-bond donors (Lipinski definition) is 1. The zero-order valence-electron chi connectivity index (χ0n) is 19.1. The van der Waals surface area contributed by atoms with E-state index in [0.29, 0.717) is 55.9 Å². The first-order valence-electron chi connectivity index (χ1n) is 11.5. The highest BCUT2D eigenvalue weighted by Gasteiger charge is 2.43. The van der Waals surface area contributed by atoms with E-state index in [-0.39, 0.29) is 11.9 Å². The minimum absolute atomic E-state index is 0.0209. The third kappa shape index (κ3) is 3.66. The van der Waals surface area contributed by atoms with Crippen LogP contribution >= 0.6 is 0 Å². The molecule has 0 saturated carbocycles. The number of fused-ring (bicyclic) bond motifs is 1. The zero-order valence-corrected chi connectivity index (χ0v) is 19.1. The highest BCUT2D eigenvalue weighted by Crippen LogP contribution is 2.34. The summed E-state index contributed by atoms with van der Waals surface area (Å²) < 4.78 is 9.12. The largest absolute Gasteiger partial charge is 0.494 e. The third-order valence-electron chi connectivity index (χ3n) is 7.06. The number of nitrogens with zero attached hydrogens (tertiary/aromatic N) is 7.